The van der Waals surface area contributed by atoms with Gasteiger partial charge in [0.05, 0.1) is 5.92 Å². The minimum atomic E-state index is -0.768. The zero-order valence-electron chi connectivity index (χ0n) is 8.42. The van der Waals surface area contributed by atoms with E-state index in [1.54, 1.807) is 12.3 Å². The van der Waals surface area contributed by atoms with Crippen molar-refractivity contribution in [3.63, 3.8) is 0 Å². The van der Waals surface area contributed by atoms with Crippen molar-refractivity contribution in [3.8, 4) is 0 Å². The Morgan fingerprint density at radius 2 is 2.47 bits per heavy atom. The normalized spacial score (nSPS) is 24.3. The second kappa shape index (κ2) is 3.76. The number of carboxylic acid groups (broad SMARTS) is 1. The van der Waals surface area contributed by atoms with Crippen molar-refractivity contribution in [1.29, 1.82) is 0 Å². The second-order valence-corrected chi connectivity index (χ2v) is 3.68. The van der Waals surface area contributed by atoms with Crippen molar-refractivity contribution in [2.45, 2.75) is 12.5 Å². The molecule has 0 bridgehead atoms. The third kappa shape index (κ3) is 2.01. The number of anilines is 1. The summed E-state index contributed by atoms with van der Waals surface area (Å²) in [5.41, 5.74) is 0. The lowest BCUT2D eigenvalue weighted by molar-refractivity contribution is -0.140. The van der Waals surface area contributed by atoms with Gasteiger partial charge in [-0.15, -0.1) is 0 Å². The summed E-state index contributed by atoms with van der Waals surface area (Å²) in [7, 11) is 1.89. The van der Waals surface area contributed by atoms with Gasteiger partial charge >= 0.3 is 5.97 Å². The largest absolute Gasteiger partial charge is 0.481 e. The first-order valence-electron chi connectivity index (χ1n) is 4.82. The molecule has 2 unspecified atom stereocenters. The first kappa shape index (κ1) is 9.76. The third-order valence-corrected chi connectivity index (χ3v) is 2.54. The van der Waals surface area contributed by atoms with Crippen molar-refractivity contribution in [2.75, 3.05) is 5.32 Å². The molecule has 0 aliphatic heterocycles. The maximum absolute atomic E-state index is 10.7. The highest BCUT2D eigenvalue weighted by Gasteiger charge is 2.24. The Bertz CT molecular complexity index is 397. The van der Waals surface area contributed by atoms with Gasteiger partial charge in [-0.25, -0.2) is 4.98 Å². The number of hydrogen-bond acceptors (Lipinski definition) is 3. The Labute approximate surface area is 87.4 Å². The molecule has 15 heavy (non-hydrogen) atoms. The van der Waals surface area contributed by atoms with Crippen LogP contribution in [0.25, 0.3) is 0 Å². The summed E-state index contributed by atoms with van der Waals surface area (Å²) in [4.78, 5) is 14.8. The van der Waals surface area contributed by atoms with Gasteiger partial charge in [0, 0.05) is 25.5 Å². The highest BCUT2D eigenvalue weighted by atomic mass is 16.4. The van der Waals surface area contributed by atoms with E-state index in [1.807, 2.05) is 23.9 Å². The molecule has 0 spiro atoms. The van der Waals surface area contributed by atoms with Crippen LogP contribution in [-0.2, 0) is 11.8 Å². The van der Waals surface area contributed by atoms with Crippen LogP contribution in [0.15, 0.2) is 24.5 Å². The van der Waals surface area contributed by atoms with E-state index in [-0.39, 0.29) is 12.0 Å². The summed E-state index contributed by atoms with van der Waals surface area (Å²) in [5, 5.41) is 12.0. The van der Waals surface area contributed by atoms with Crippen LogP contribution in [0.3, 0.4) is 0 Å². The van der Waals surface area contributed by atoms with Crippen LogP contribution < -0.4 is 5.32 Å². The Hall–Kier alpha value is -1.78. The molecule has 0 radical (unpaired) electrons. The van der Waals surface area contributed by atoms with Crippen molar-refractivity contribution in [3.05, 3.63) is 24.5 Å². The van der Waals surface area contributed by atoms with E-state index in [1.165, 1.54) is 0 Å². The highest BCUT2D eigenvalue weighted by molar-refractivity contribution is 5.73. The van der Waals surface area contributed by atoms with Gasteiger partial charge in [0.2, 0.25) is 5.95 Å². The number of carbonyl (C=O) groups is 1. The van der Waals surface area contributed by atoms with Crippen molar-refractivity contribution in [2.24, 2.45) is 13.0 Å². The number of nitrogens with one attached hydrogen (secondary N) is 1. The van der Waals surface area contributed by atoms with Gasteiger partial charge in [-0.3, -0.25) is 4.79 Å². The molecule has 5 heteroatoms. The van der Waals surface area contributed by atoms with Crippen LogP contribution in [0.4, 0.5) is 5.95 Å². The molecule has 80 valence electrons. The quantitative estimate of drug-likeness (QED) is 0.721. The van der Waals surface area contributed by atoms with Gasteiger partial charge in [0.1, 0.15) is 0 Å². The smallest absolute Gasteiger partial charge is 0.310 e. The number of rotatable bonds is 3. The lowest BCUT2D eigenvalue weighted by Crippen LogP contribution is -2.20. The summed E-state index contributed by atoms with van der Waals surface area (Å²) in [6, 6.07) is 0.0622. The standard InChI is InChI=1S/C10H13N3O2/c1-13-5-4-11-10(13)12-8-3-2-7(6-8)9(14)15/h2-5,7-8H,6H2,1H3,(H,11,12)(H,14,15). The van der Waals surface area contributed by atoms with E-state index in [0.29, 0.717) is 6.42 Å². The molecule has 1 aromatic heterocycles. The molecule has 1 aliphatic rings. The molecule has 1 heterocycles. The van der Waals surface area contributed by atoms with Crippen LogP contribution in [0.1, 0.15) is 6.42 Å². The average Bonchev–Trinajstić information content (AvgIpc) is 2.77. The second-order valence-electron chi connectivity index (χ2n) is 3.68. The van der Waals surface area contributed by atoms with Crippen LogP contribution in [0.5, 0.6) is 0 Å². The SMILES string of the molecule is Cn1ccnc1NC1C=CC(C(=O)O)C1. The summed E-state index contributed by atoms with van der Waals surface area (Å²) in [6.07, 6.45) is 7.74. The fourth-order valence-electron chi connectivity index (χ4n) is 1.66. The molecule has 2 rings (SSSR count). The fourth-order valence-corrected chi connectivity index (χ4v) is 1.66. The lowest BCUT2D eigenvalue weighted by atomic mass is 10.1. The fraction of sp³-hybridized carbons (Fsp3) is 0.400. The topological polar surface area (TPSA) is 67.2 Å². The minimum Gasteiger partial charge on any atom is -0.481 e. The molecule has 2 N–H and O–H groups in total. The summed E-state index contributed by atoms with van der Waals surface area (Å²) in [5.74, 6) is -0.381. The Balaban J connectivity index is 1.97. The van der Waals surface area contributed by atoms with Crippen molar-refractivity contribution in [1.82, 2.24) is 9.55 Å². The Morgan fingerprint density at radius 1 is 1.67 bits per heavy atom. The lowest BCUT2D eigenvalue weighted by Gasteiger charge is -2.12. The maximum Gasteiger partial charge on any atom is 0.310 e. The molecule has 0 saturated heterocycles. The van der Waals surface area contributed by atoms with E-state index < -0.39 is 5.97 Å². The summed E-state index contributed by atoms with van der Waals surface area (Å²) >= 11 is 0. The number of nitrogens with zero attached hydrogens (tertiary/aromatic N) is 2. The number of imidazole rings is 1. The molecule has 0 fully saturated rings. The average molecular weight is 207 g/mol. The van der Waals surface area contributed by atoms with Gasteiger partial charge in [0.25, 0.3) is 0 Å². The molecule has 5 nitrogen and oxygen atoms in total. The van der Waals surface area contributed by atoms with Gasteiger partial charge in [-0.1, -0.05) is 12.2 Å². The van der Waals surface area contributed by atoms with Crippen LogP contribution >= 0.6 is 0 Å². The Kier molecular flexibility index (Phi) is 2.45. The van der Waals surface area contributed by atoms with Crippen molar-refractivity contribution >= 4 is 11.9 Å². The maximum atomic E-state index is 10.7. The zero-order valence-corrected chi connectivity index (χ0v) is 8.42. The minimum absolute atomic E-state index is 0.0622. The van der Waals surface area contributed by atoms with E-state index in [0.717, 1.165) is 5.95 Å². The van der Waals surface area contributed by atoms with Crippen molar-refractivity contribution < 1.29 is 9.90 Å². The number of carboxylic acids is 1. The third-order valence-electron chi connectivity index (χ3n) is 2.54. The predicted molar refractivity (Wildman–Crippen MR) is 55.5 cm³/mol. The van der Waals surface area contributed by atoms with E-state index in [4.69, 9.17) is 5.11 Å². The summed E-state index contributed by atoms with van der Waals surface area (Å²) in [6.45, 7) is 0. The monoisotopic (exact) mass is 207 g/mol. The first-order valence-corrected chi connectivity index (χ1v) is 4.82. The number of aryl methyl sites for hydroxylation is 1. The molecule has 0 amide bonds. The van der Waals surface area contributed by atoms with Gasteiger partial charge in [0.15, 0.2) is 0 Å². The number of hydrogen-bond donors (Lipinski definition) is 2. The molecule has 1 aromatic rings. The van der Waals surface area contributed by atoms with Gasteiger partial charge < -0.3 is 15.0 Å². The molecule has 1 aliphatic carbocycles. The Morgan fingerprint density at radius 3 is 3.00 bits per heavy atom. The number of aromatic nitrogens is 2. The van der Waals surface area contributed by atoms with E-state index in [2.05, 4.69) is 10.3 Å². The molecule has 0 aromatic carbocycles. The van der Waals surface area contributed by atoms with Gasteiger partial charge in [-0.05, 0) is 6.42 Å². The van der Waals surface area contributed by atoms with Crippen LogP contribution in [0.2, 0.25) is 0 Å². The number of aliphatic carboxylic acids is 1. The molecular weight excluding hydrogens is 194 g/mol. The van der Waals surface area contributed by atoms with E-state index in [9.17, 15) is 4.79 Å². The molecular formula is C10H13N3O2. The highest BCUT2D eigenvalue weighted by Crippen LogP contribution is 2.20. The van der Waals surface area contributed by atoms with Gasteiger partial charge in [-0.2, -0.15) is 0 Å². The van der Waals surface area contributed by atoms with Crippen LogP contribution in [-0.4, -0.2) is 26.7 Å². The van der Waals surface area contributed by atoms with E-state index >= 15 is 0 Å². The van der Waals surface area contributed by atoms with Crippen LogP contribution in [0, 0.1) is 5.92 Å². The zero-order chi connectivity index (χ0) is 10.8. The first-order chi connectivity index (χ1) is 7.16. The molecule has 0 saturated carbocycles. The predicted octanol–water partition coefficient (Wildman–Crippen LogP) is 0.861. The molecule has 2 atom stereocenters. The summed E-state index contributed by atoms with van der Waals surface area (Å²) < 4.78 is 1.86.